The van der Waals surface area contributed by atoms with Crippen LogP contribution in [0.4, 0.5) is 9.52 Å². The van der Waals surface area contributed by atoms with E-state index in [1.807, 2.05) is 19.0 Å². The molecule has 1 N–H and O–H groups in total. The number of aliphatic hydroxyl groups is 1. The lowest BCUT2D eigenvalue weighted by atomic mass is 10.2. The van der Waals surface area contributed by atoms with Gasteiger partial charge in [-0.1, -0.05) is 29.2 Å². The normalized spacial score (nSPS) is 10.7. The maximum Gasteiger partial charge on any atom is 0.208 e. The molecule has 0 saturated heterocycles. The molecule has 0 atom stereocenters. The van der Waals surface area contributed by atoms with Crippen LogP contribution in [0.15, 0.2) is 27.4 Å². The first kappa shape index (κ1) is 13.3. The Balaban J connectivity index is 2.17. The summed E-state index contributed by atoms with van der Waals surface area (Å²) >= 11 is 2.64. The van der Waals surface area contributed by atoms with Crippen molar-refractivity contribution in [3.05, 3.63) is 29.6 Å². The predicted molar refractivity (Wildman–Crippen MR) is 70.7 cm³/mol. The molecule has 0 bridgehead atoms. The summed E-state index contributed by atoms with van der Waals surface area (Å²) in [6, 6.07) is 4.66. The Morgan fingerprint density at radius 2 is 2.17 bits per heavy atom. The maximum atomic E-state index is 13.7. The molecule has 1 aromatic carbocycles. The fraction of sp³-hybridized carbons (Fsp3) is 0.273. The summed E-state index contributed by atoms with van der Waals surface area (Å²) in [5, 5.41) is 17.7. The van der Waals surface area contributed by atoms with Crippen LogP contribution in [0.25, 0.3) is 0 Å². The highest BCUT2D eigenvalue weighted by Gasteiger charge is 2.10. The van der Waals surface area contributed by atoms with E-state index in [0.717, 1.165) is 5.13 Å². The van der Waals surface area contributed by atoms with Gasteiger partial charge in [-0.15, -0.1) is 10.2 Å². The molecule has 18 heavy (non-hydrogen) atoms. The summed E-state index contributed by atoms with van der Waals surface area (Å²) in [5.74, 6) is -0.354. The zero-order chi connectivity index (χ0) is 13.1. The molecule has 4 nitrogen and oxygen atoms in total. The largest absolute Gasteiger partial charge is 0.392 e. The maximum absolute atomic E-state index is 13.7. The molecule has 7 heteroatoms. The van der Waals surface area contributed by atoms with E-state index in [0.29, 0.717) is 14.8 Å². The molecule has 0 spiro atoms. The Labute approximate surface area is 112 Å². The van der Waals surface area contributed by atoms with Gasteiger partial charge in [0.1, 0.15) is 5.82 Å². The predicted octanol–water partition coefficient (Wildman–Crippen LogP) is 2.39. The minimum atomic E-state index is -0.354. The molecule has 0 amide bonds. The van der Waals surface area contributed by atoms with Crippen LogP contribution in [0.1, 0.15) is 5.56 Å². The fourth-order valence-corrected chi connectivity index (χ4v) is 2.97. The molecule has 96 valence electrons. The highest BCUT2D eigenvalue weighted by Crippen LogP contribution is 2.34. The second-order valence-electron chi connectivity index (χ2n) is 3.77. The number of aromatic nitrogens is 2. The van der Waals surface area contributed by atoms with Crippen molar-refractivity contribution in [2.45, 2.75) is 15.8 Å². The smallest absolute Gasteiger partial charge is 0.208 e. The van der Waals surface area contributed by atoms with E-state index in [-0.39, 0.29) is 12.4 Å². The van der Waals surface area contributed by atoms with Crippen molar-refractivity contribution in [2.75, 3.05) is 19.0 Å². The van der Waals surface area contributed by atoms with E-state index in [9.17, 15) is 4.39 Å². The highest BCUT2D eigenvalue weighted by atomic mass is 32.2. The van der Waals surface area contributed by atoms with E-state index in [2.05, 4.69) is 10.2 Å². The van der Waals surface area contributed by atoms with Gasteiger partial charge in [0.25, 0.3) is 0 Å². The van der Waals surface area contributed by atoms with Crippen molar-refractivity contribution in [1.82, 2.24) is 10.2 Å². The van der Waals surface area contributed by atoms with Gasteiger partial charge < -0.3 is 10.0 Å². The summed E-state index contributed by atoms with van der Waals surface area (Å²) in [5.41, 5.74) is 0.558. The highest BCUT2D eigenvalue weighted by molar-refractivity contribution is 8.01. The quantitative estimate of drug-likeness (QED) is 0.934. The lowest BCUT2D eigenvalue weighted by Gasteiger charge is -2.04. The van der Waals surface area contributed by atoms with E-state index in [1.54, 1.807) is 12.1 Å². The second kappa shape index (κ2) is 5.64. The summed E-state index contributed by atoms with van der Waals surface area (Å²) < 4.78 is 14.4. The molecule has 0 radical (unpaired) electrons. The zero-order valence-electron chi connectivity index (χ0n) is 9.92. The summed E-state index contributed by atoms with van der Waals surface area (Å²) in [7, 11) is 3.76. The molecular weight excluding hydrogens is 273 g/mol. The van der Waals surface area contributed by atoms with Crippen LogP contribution in [0, 0.1) is 5.82 Å². The lowest BCUT2D eigenvalue weighted by Crippen LogP contribution is -2.07. The fourth-order valence-electron chi connectivity index (χ4n) is 1.24. The van der Waals surface area contributed by atoms with Crippen molar-refractivity contribution in [3.8, 4) is 0 Å². The number of hydrogen-bond donors (Lipinski definition) is 1. The average Bonchev–Trinajstić information content (AvgIpc) is 2.80. The molecule has 0 aliphatic heterocycles. The van der Waals surface area contributed by atoms with Gasteiger partial charge in [0.05, 0.1) is 11.5 Å². The molecule has 1 aromatic heterocycles. The van der Waals surface area contributed by atoms with Crippen LogP contribution in [-0.2, 0) is 6.61 Å². The van der Waals surface area contributed by atoms with Crippen LogP contribution in [0.2, 0.25) is 0 Å². The summed E-state index contributed by atoms with van der Waals surface area (Å²) in [6.07, 6.45) is 0. The lowest BCUT2D eigenvalue weighted by molar-refractivity contribution is 0.281. The number of rotatable bonds is 4. The van der Waals surface area contributed by atoms with Gasteiger partial charge in [0.2, 0.25) is 5.13 Å². The summed E-state index contributed by atoms with van der Waals surface area (Å²) in [6.45, 7) is -0.161. The van der Waals surface area contributed by atoms with Crippen LogP contribution in [0.3, 0.4) is 0 Å². The first-order chi connectivity index (χ1) is 8.60. The molecule has 0 saturated carbocycles. The Morgan fingerprint density at radius 1 is 1.39 bits per heavy atom. The molecule has 2 aromatic rings. The summed E-state index contributed by atoms with van der Waals surface area (Å²) in [4.78, 5) is 2.33. The number of hydrogen-bond acceptors (Lipinski definition) is 6. The number of nitrogens with zero attached hydrogens (tertiary/aromatic N) is 3. The molecule has 2 rings (SSSR count). The Bertz CT molecular complexity index is 545. The van der Waals surface area contributed by atoms with Gasteiger partial charge in [-0.05, 0) is 17.7 Å². The van der Waals surface area contributed by atoms with Crippen LogP contribution >= 0.6 is 23.1 Å². The third-order valence-corrected chi connectivity index (χ3v) is 4.35. The molecule has 0 unspecified atom stereocenters. The molecule has 1 heterocycles. The van der Waals surface area contributed by atoms with Crippen molar-refractivity contribution in [2.24, 2.45) is 0 Å². The number of halogens is 1. The van der Waals surface area contributed by atoms with E-state index < -0.39 is 0 Å². The molecule has 0 aliphatic rings. The first-order valence-corrected chi connectivity index (χ1v) is 6.81. The zero-order valence-corrected chi connectivity index (χ0v) is 11.6. The van der Waals surface area contributed by atoms with E-state index in [4.69, 9.17) is 5.11 Å². The van der Waals surface area contributed by atoms with Crippen LogP contribution < -0.4 is 4.90 Å². The third-order valence-electron chi connectivity index (χ3n) is 2.15. The topological polar surface area (TPSA) is 49.2 Å². The number of benzene rings is 1. The van der Waals surface area contributed by atoms with Gasteiger partial charge in [0, 0.05) is 14.1 Å². The van der Waals surface area contributed by atoms with Crippen molar-refractivity contribution >= 4 is 28.2 Å². The minimum Gasteiger partial charge on any atom is -0.392 e. The third kappa shape index (κ3) is 2.98. The molecule has 0 aliphatic carbocycles. The van der Waals surface area contributed by atoms with Gasteiger partial charge in [-0.25, -0.2) is 4.39 Å². The van der Waals surface area contributed by atoms with Crippen molar-refractivity contribution < 1.29 is 9.50 Å². The first-order valence-electron chi connectivity index (χ1n) is 5.18. The molecular formula is C11H12FN3OS2. The monoisotopic (exact) mass is 285 g/mol. The van der Waals surface area contributed by atoms with Crippen molar-refractivity contribution in [1.29, 1.82) is 0 Å². The number of aliphatic hydroxyl groups excluding tert-OH is 1. The van der Waals surface area contributed by atoms with Crippen LogP contribution in [0.5, 0.6) is 0 Å². The Kier molecular flexibility index (Phi) is 4.15. The van der Waals surface area contributed by atoms with Gasteiger partial charge >= 0.3 is 0 Å². The van der Waals surface area contributed by atoms with Crippen molar-refractivity contribution in [3.63, 3.8) is 0 Å². The SMILES string of the molecule is CN(C)c1nnc(Sc2ccc(CO)cc2F)s1. The van der Waals surface area contributed by atoms with E-state index in [1.165, 1.54) is 29.2 Å². The van der Waals surface area contributed by atoms with Gasteiger partial charge in [-0.3, -0.25) is 0 Å². The van der Waals surface area contributed by atoms with E-state index >= 15 is 0 Å². The van der Waals surface area contributed by atoms with Gasteiger partial charge in [-0.2, -0.15) is 0 Å². The number of anilines is 1. The Morgan fingerprint density at radius 3 is 2.72 bits per heavy atom. The van der Waals surface area contributed by atoms with Crippen LogP contribution in [-0.4, -0.2) is 29.4 Å². The molecule has 0 fully saturated rings. The van der Waals surface area contributed by atoms with Gasteiger partial charge in [0.15, 0.2) is 4.34 Å². The Hall–Kier alpha value is -1.18. The standard InChI is InChI=1S/C11H12FN3OS2/c1-15(2)10-13-14-11(18-10)17-9-4-3-7(6-16)5-8(9)12/h3-5,16H,6H2,1-2H3. The second-order valence-corrected chi connectivity index (χ2v) is 6.01. The average molecular weight is 285 g/mol. The minimum absolute atomic E-state index is 0.161.